The molecule has 0 spiro atoms. The standard InChI is InChI=1S/C20H30N7O5/c1-19(2)6-10(7-20(3,4)27(19)31)25-15-11-16(23-8-22-15)26(9-24-11)18-13(29)12(28)14(32-18)17(30)21-5/h8-10,12-14,18,28-29H,6-7H2,1-5H3,(H,21,30)(H,22,23,25)/t12-,13+,14-,18+/m0/s1. The van der Waals surface area contributed by atoms with Gasteiger partial charge in [0.05, 0.1) is 6.33 Å². The quantitative estimate of drug-likeness (QED) is 0.504. The number of ether oxygens (including phenoxy) is 1. The molecule has 32 heavy (non-hydrogen) atoms. The average Bonchev–Trinajstić information content (AvgIpc) is 3.27. The number of hydrogen-bond donors (Lipinski definition) is 4. The fourth-order valence-electron chi connectivity index (χ4n) is 4.95. The van der Waals surface area contributed by atoms with E-state index in [0.29, 0.717) is 29.8 Å². The molecule has 4 atom stereocenters. The third kappa shape index (κ3) is 3.71. The van der Waals surface area contributed by atoms with Crippen LogP contribution < -0.4 is 10.6 Å². The molecule has 2 saturated heterocycles. The number of hydrogen-bond acceptors (Lipinski definition) is 9. The van der Waals surface area contributed by atoms with Gasteiger partial charge < -0.3 is 25.6 Å². The number of anilines is 1. The summed E-state index contributed by atoms with van der Waals surface area (Å²) in [7, 11) is 1.43. The summed E-state index contributed by atoms with van der Waals surface area (Å²) in [6.45, 7) is 7.69. The van der Waals surface area contributed by atoms with E-state index in [1.807, 2.05) is 27.7 Å². The highest BCUT2D eigenvalue weighted by Crippen LogP contribution is 2.39. The Bertz CT molecular complexity index is 991. The van der Waals surface area contributed by atoms with E-state index in [-0.39, 0.29) is 6.04 Å². The van der Waals surface area contributed by atoms with Gasteiger partial charge in [0.1, 0.15) is 18.5 Å². The highest BCUT2D eigenvalue weighted by molar-refractivity contribution is 5.83. The number of aliphatic hydroxyl groups excluding tert-OH is 2. The third-order valence-corrected chi connectivity index (χ3v) is 6.31. The van der Waals surface area contributed by atoms with Gasteiger partial charge in [-0.3, -0.25) is 9.36 Å². The highest BCUT2D eigenvalue weighted by atomic mass is 16.6. The summed E-state index contributed by atoms with van der Waals surface area (Å²) in [5.74, 6) is -0.0315. The summed E-state index contributed by atoms with van der Waals surface area (Å²) in [6, 6.07) is -0.0128. The van der Waals surface area contributed by atoms with Crippen molar-refractivity contribution in [2.45, 2.75) is 82.2 Å². The van der Waals surface area contributed by atoms with E-state index in [1.54, 1.807) is 0 Å². The van der Waals surface area contributed by atoms with E-state index < -0.39 is 41.5 Å². The van der Waals surface area contributed by atoms with Crippen molar-refractivity contribution in [1.29, 1.82) is 0 Å². The van der Waals surface area contributed by atoms with Crippen molar-refractivity contribution in [1.82, 2.24) is 29.9 Å². The maximum atomic E-state index is 12.6. The van der Waals surface area contributed by atoms with Gasteiger partial charge in [-0.05, 0) is 40.5 Å². The van der Waals surface area contributed by atoms with Crippen molar-refractivity contribution < 1.29 is 25.0 Å². The highest BCUT2D eigenvalue weighted by Gasteiger charge is 2.48. The summed E-state index contributed by atoms with van der Waals surface area (Å²) in [5.41, 5.74) is -0.243. The second kappa shape index (κ2) is 7.89. The number of imidazole rings is 1. The van der Waals surface area contributed by atoms with Crippen molar-refractivity contribution in [2.75, 3.05) is 12.4 Å². The van der Waals surface area contributed by atoms with Crippen LogP contribution in [0.25, 0.3) is 11.2 Å². The second-order valence-corrected chi connectivity index (χ2v) is 9.76. The molecule has 0 bridgehead atoms. The van der Waals surface area contributed by atoms with Gasteiger partial charge in [0.15, 0.2) is 29.3 Å². The normalized spacial score (nSPS) is 30.5. The van der Waals surface area contributed by atoms with Gasteiger partial charge >= 0.3 is 0 Å². The van der Waals surface area contributed by atoms with Crippen molar-refractivity contribution in [2.24, 2.45) is 0 Å². The first kappa shape index (κ1) is 22.8. The van der Waals surface area contributed by atoms with E-state index >= 15 is 0 Å². The van der Waals surface area contributed by atoms with E-state index in [2.05, 4.69) is 25.6 Å². The lowest BCUT2D eigenvalue weighted by Crippen LogP contribution is -2.60. The van der Waals surface area contributed by atoms with Crippen LogP contribution in [0.5, 0.6) is 0 Å². The van der Waals surface area contributed by atoms with Gasteiger partial charge in [0, 0.05) is 24.2 Å². The van der Waals surface area contributed by atoms with Crippen molar-refractivity contribution in [3.63, 3.8) is 0 Å². The number of hydroxylamine groups is 2. The van der Waals surface area contributed by atoms with Crippen LogP contribution in [0.4, 0.5) is 5.82 Å². The van der Waals surface area contributed by atoms with Gasteiger partial charge in [0.25, 0.3) is 5.91 Å². The molecular formula is C20H30N7O5. The van der Waals surface area contributed by atoms with Crippen LogP contribution >= 0.6 is 0 Å². The molecule has 2 fully saturated rings. The van der Waals surface area contributed by atoms with Crippen LogP contribution in [0.1, 0.15) is 46.8 Å². The van der Waals surface area contributed by atoms with Crippen LogP contribution in [-0.4, -0.2) is 83.2 Å². The summed E-state index contributed by atoms with van der Waals surface area (Å²) >= 11 is 0. The topological polar surface area (TPSA) is 158 Å². The molecule has 4 rings (SSSR count). The van der Waals surface area contributed by atoms with E-state index in [1.165, 1.54) is 24.3 Å². The van der Waals surface area contributed by atoms with E-state index in [9.17, 15) is 20.2 Å². The molecule has 12 heteroatoms. The number of nitrogens with one attached hydrogen (secondary N) is 2. The lowest BCUT2D eigenvalue weighted by molar-refractivity contribution is -0.288. The Morgan fingerprint density at radius 3 is 2.41 bits per heavy atom. The SMILES string of the molecule is CNC(=O)[C@H]1O[C@@H](n2cnc3c(NC4CC(C)(C)N([O])C(C)(C)C4)ncnc32)[C@H](O)[C@@H]1O. The fraction of sp³-hybridized carbons (Fsp3) is 0.700. The number of nitrogens with zero attached hydrogens (tertiary/aromatic N) is 5. The molecule has 0 unspecified atom stereocenters. The number of likely N-dealkylation sites (N-methyl/N-ethyl adjacent to an activating group) is 1. The maximum absolute atomic E-state index is 12.6. The Morgan fingerprint density at radius 1 is 1.12 bits per heavy atom. The van der Waals surface area contributed by atoms with E-state index in [4.69, 9.17) is 4.74 Å². The molecular weight excluding hydrogens is 418 g/mol. The van der Waals surface area contributed by atoms with Gasteiger partial charge in [-0.2, -0.15) is 0 Å². The van der Waals surface area contributed by atoms with Gasteiger partial charge in [-0.25, -0.2) is 15.0 Å². The Labute approximate surface area is 185 Å². The van der Waals surface area contributed by atoms with Crippen LogP contribution in [0, 0.1) is 0 Å². The Balaban J connectivity index is 1.61. The molecule has 2 aromatic heterocycles. The lowest BCUT2D eigenvalue weighted by Gasteiger charge is -2.50. The Morgan fingerprint density at radius 2 is 1.78 bits per heavy atom. The molecule has 4 heterocycles. The average molecular weight is 449 g/mol. The first-order valence-corrected chi connectivity index (χ1v) is 10.6. The molecule has 175 valence electrons. The Hall–Kier alpha value is -2.38. The predicted octanol–water partition coefficient (Wildman–Crippen LogP) is -0.0295. The second-order valence-electron chi connectivity index (χ2n) is 9.76. The zero-order chi connectivity index (χ0) is 23.4. The summed E-state index contributed by atoms with van der Waals surface area (Å²) in [6.07, 6.45) is -0.933. The predicted molar refractivity (Wildman–Crippen MR) is 113 cm³/mol. The van der Waals surface area contributed by atoms with Crippen molar-refractivity contribution >= 4 is 22.9 Å². The Kier molecular flexibility index (Phi) is 5.62. The molecule has 0 aliphatic carbocycles. The molecule has 0 saturated carbocycles. The monoisotopic (exact) mass is 448 g/mol. The smallest absolute Gasteiger partial charge is 0.251 e. The molecule has 1 radical (unpaired) electrons. The number of carbonyl (C=O) groups is 1. The number of rotatable bonds is 4. The molecule has 1 amide bonds. The minimum atomic E-state index is -1.39. The first-order chi connectivity index (χ1) is 15.0. The van der Waals surface area contributed by atoms with Crippen LogP contribution in [0.2, 0.25) is 0 Å². The van der Waals surface area contributed by atoms with Crippen LogP contribution in [-0.2, 0) is 14.7 Å². The van der Waals surface area contributed by atoms with Gasteiger partial charge in [0.2, 0.25) is 0 Å². The van der Waals surface area contributed by atoms with Gasteiger partial charge in [-0.15, -0.1) is 10.3 Å². The molecule has 4 N–H and O–H groups in total. The molecule has 2 aliphatic heterocycles. The van der Waals surface area contributed by atoms with Crippen LogP contribution in [0.15, 0.2) is 12.7 Å². The minimum Gasteiger partial charge on any atom is -0.387 e. The molecule has 0 aromatic carbocycles. The van der Waals surface area contributed by atoms with Gasteiger partial charge in [-0.1, -0.05) is 0 Å². The third-order valence-electron chi connectivity index (χ3n) is 6.31. The summed E-state index contributed by atoms with van der Waals surface area (Å²) < 4.78 is 7.12. The number of carbonyl (C=O) groups excluding carboxylic acids is 1. The number of fused-ring (bicyclic) bond motifs is 1. The van der Waals surface area contributed by atoms with E-state index in [0.717, 1.165) is 5.06 Å². The van der Waals surface area contributed by atoms with Crippen molar-refractivity contribution in [3.8, 4) is 0 Å². The fourth-order valence-corrected chi connectivity index (χ4v) is 4.95. The zero-order valence-corrected chi connectivity index (χ0v) is 18.8. The summed E-state index contributed by atoms with van der Waals surface area (Å²) in [5, 5.41) is 40.3. The lowest BCUT2D eigenvalue weighted by atomic mass is 9.79. The molecule has 2 aliphatic rings. The zero-order valence-electron chi connectivity index (χ0n) is 18.8. The largest absolute Gasteiger partial charge is 0.387 e. The maximum Gasteiger partial charge on any atom is 0.251 e. The number of amides is 1. The number of aliphatic hydroxyl groups is 2. The summed E-state index contributed by atoms with van der Waals surface area (Å²) in [4.78, 5) is 25.0. The molecule has 12 nitrogen and oxygen atoms in total. The van der Waals surface area contributed by atoms with Crippen LogP contribution in [0.3, 0.4) is 0 Å². The van der Waals surface area contributed by atoms with Crippen molar-refractivity contribution in [3.05, 3.63) is 12.7 Å². The molecule has 2 aromatic rings. The number of aromatic nitrogens is 4. The minimum absolute atomic E-state index is 0.0128. The first-order valence-electron chi connectivity index (χ1n) is 10.6. The number of piperidine rings is 1.